The van der Waals surface area contributed by atoms with E-state index in [2.05, 4.69) is 33.4 Å². The van der Waals surface area contributed by atoms with E-state index in [1.54, 1.807) is 11.3 Å². The van der Waals surface area contributed by atoms with Crippen LogP contribution in [0, 0.1) is 0 Å². The number of hydrogen-bond acceptors (Lipinski definition) is 2. The molecule has 1 aliphatic rings. The molecule has 2 nitrogen and oxygen atoms in total. The number of halogens is 1. The van der Waals surface area contributed by atoms with Crippen LogP contribution in [0.2, 0.25) is 0 Å². The normalized spacial score (nSPS) is 14.2. The van der Waals surface area contributed by atoms with E-state index in [0.717, 1.165) is 35.8 Å². The minimum Gasteiger partial charge on any atom is -0.335 e. The molecular weight excluding hydrogens is 334 g/mol. The molecule has 0 aliphatic heterocycles. The van der Waals surface area contributed by atoms with Crippen LogP contribution >= 0.6 is 27.3 Å². The number of carbonyl (C=O) groups excluding carboxylic acids is 1. The van der Waals surface area contributed by atoms with Crippen molar-refractivity contribution in [3.63, 3.8) is 0 Å². The van der Waals surface area contributed by atoms with Gasteiger partial charge in [-0.05, 0) is 58.8 Å². The summed E-state index contributed by atoms with van der Waals surface area (Å²) in [6.45, 7) is 0.811. The van der Waals surface area contributed by atoms with Crippen molar-refractivity contribution >= 4 is 33.2 Å². The molecule has 3 rings (SSSR count). The van der Waals surface area contributed by atoms with E-state index in [1.165, 1.54) is 4.88 Å². The molecule has 20 heavy (non-hydrogen) atoms. The van der Waals surface area contributed by atoms with E-state index in [0.29, 0.717) is 6.04 Å². The average molecular weight is 350 g/mol. The summed E-state index contributed by atoms with van der Waals surface area (Å²) in [5.74, 6) is 0.150. The zero-order chi connectivity index (χ0) is 13.9. The SMILES string of the molecule is O=C(c1ccccc1Br)N(CCc1cccs1)C1CC1. The van der Waals surface area contributed by atoms with Crippen molar-refractivity contribution in [2.75, 3.05) is 6.54 Å². The first-order chi connectivity index (χ1) is 9.75. The van der Waals surface area contributed by atoms with E-state index < -0.39 is 0 Å². The van der Waals surface area contributed by atoms with Gasteiger partial charge in [0.25, 0.3) is 5.91 Å². The van der Waals surface area contributed by atoms with Crippen molar-refractivity contribution < 1.29 is 4.79 Å². The summed E-state index contributed by atoms with van der Waals surface area (Å²) < 4.78 is 0.881. The lowest BCUT2D eigenvalue weighted by atomic mass is 10.2. The minimum atomic E-state index is 0.150. The van der Waals surface area contributed by atoms with Crippen molar-refractivity contribution in [2.24, 2.45) is 0 Å². The zero-order valence-corrected chi connectivity index (χ0v) is 13.5. The third kappa shape index (κ3) is 3.13. The first-order valence-electron chi connectivity index (χ1n) is 6.83. The van der Waals surface area contributed by atoms with E-state index in [1.807, 2.05) is 29.2 Å². The van der Waals surface area contributed by atoms with Gasteiger partial charge in [-0.15, -0.1) is 11.3 Å². The van der Waals surface area contributed by atoms with Crippen molar-refractivity contribution in [3.8, 4) is 0 Å². The maximum absolute atomic E-state index is 12.7. The molecule has 0 radical (unpaired) electrons. The highest BCUT2D eigenvalue weighted by molar-refractivity contribution is 9.10. The molecule has 0 N–H and O–H groups in total. The van der Waals surface area contributed by atoms with Crippen LogP contribution in [0.25, 0.3) is 0 Å². The van der Waals surface area contributed by atoms with Gasteiger partial charge in [-0.1, -0.05) is 18.2 Å². The maximum Gasteiger partial charge on any atom is 0.255 e. The van der Waals surface area contributed by atoms with Crippen LogP contribution in [-0.2, 0) is 6.42 Å². The van der Waals surface area contributed by atoms with Crippen LogP contribution in [0.15, 0.2) is 46.3 Å². The minimum absolute atomic E-state index is 0.150. The highest BCUT2D eigenvalue weighted by Gasteiger charge is 2.33. The van der Waals surface area contributed by atoms with Crippen molar-refractivity contribution in [1.29, 1.82) is 0 Å². The Labute approximate surface area is 131 Å². The third-order valence-corrected chi connectivity index (χ3v) is 5.16. The summed E-state index contributed by atoms with van der Waals surface area (Å²) in [6, 6.07) is 12.3. The number of hydrogen-bond donors (Lipinski definition) is 0. The zero-order valence-electron chi connectivity index (χ0n) is 11.1. The Morgan fingerprint density at radius 3 is 2.70 bits per heavy atom. The first kappa shape index (κ1) is 13.8. The lowest BCUT2D eigenvalue weighted by Crippen LogP contribution is -2.35. The molecule has 104 valence electrons. The number of thiophene rings is 1. The molecule has 1 heterocycles. The summed E-state index contributed by atoms with van der Waals surface area (Å²) in [4.78, 5) is 16.1. The molecule has 1 aliphatic carbocycles. The summed E-state index contributed by atoms with van der Waals surface area (Å²) in [7, 11) is 0. The van der Waals surface area contributed by atoms with Gasteiger partial charge < -0.3 is 4.90 Å². The van der Waals surface area contributed by atoms with Gasteiger partial charge in [-0.3, -0.25) is 4.79 Å². The van der Waals surface area contributed by atoms with Gasteiger partial charge in [-0.2, -0.15) is 0 Å². The Morgan fingerprint density at radius 2 is 2.05 bits per heavy atom. The Hall–Kier alpha value is -1.13. The molecule has 0 unspecified atom stereocenters. The lowest BCUT2D eigenvalue weighted by molar-refractivity contribution is 0.0744. The molecule has 1 saturated carbocycles. The smallest absolute Gasteiger partial charge is 0.255 e. The van der Waals surface area contributed by atoms with Crippen molar-refractivity contribution in [1.82, 2.24) is 4.90 Å². The van der Waals surface area contributed by atoms with Gasteiger partial charge in [0.1, 0.15) is 0 Å². The molecule has 2 aromatic rings. The number of rotatable bonds is 5. The Morgan fingerprint density at radius 1 is 1.25 bits per heavy atom. The van der Waals surface area contributed by atoms with Gasteiger partial charge >= 0.3 is 0 Å². The molecule has 1 fully saturated rings. The highest BCUT2D eigenvalue weighted by atomic mass is 79.9. The third-order valence-electron chi connectivity index (χ3n) is 3.53. The van der Waals surface area contributed by atoms with Gasteiger partial charge in [0.2, 0.25) is 0 Å². The quantitative estimate of drug-likeness (QED) is 0.785. The molecule has 0 bridgehead atoms. The largest absolute Gasteiger partial charge is 0.335 e. The van der Waals surface area contributed by atoms with Crippen LogP contribution in [0.3, 0.4) is 0 Å². The number of nitrogens with zero attached hydrogens (tertiary/aromatic N) is 1. The van der Waals surface area contributed by atoms with Crippen LogP contribution in [-0.4, -0.2) is 23.4 Å². The van der Waals surface area contributed by atoms with Gasteiger partial charge in [0.15, 0.2) is 0 Å². The van der Waals surface area contributed by atoms with Crippen LogP contribution < -0.4 is 0 Å². The van der Waals surface area contributed by atoms with E-state index in [-0.39, 0.29) is 5.91 Å². The second-order valence-corrected chi connectivity index (χ2v) is 6.93. The molecule has 4 heteroatoms. The number of benzene rings is 1. The fourth-order valence-corrected chi connectivity index (χ4v) is 3.46. The summed E-state index contributed by atoms with van der Waals surface area (Å²) in [5.41, 5.74) is 0.769. The Balaban J connectivity index is 1.73. The van der Waals surface area contributed by atoms with Crippen molar-refractivity contribution in [3.05, 3.63) is 56.7 Å². The highest BCUT2D eigenvalue weighted by Crippen LogP contribution is 2.30. The summed E-state index contributed by atoms with van der Waals surface area (Å²) >= 11 is 5.24. The second kappa shape index (κ2) is 6.10. The second-order valence-electron chi connectivity index (χ2n) is 5.04. The van der Waals surface area contributed by atoms with E-state index >= 15 is 0 Å². The van der Waals surface area contributed by atoms with Crippen LogP contribution in [0.4, 0.5) is 0 Å². The number of carbonyl (C=O) groups is 1. The number of amides is 1. The fourth-order valence-electron chi connectivity index (χ4n) is 2.31. The van der Waals surface area contributed by atoms with Gasteiger partial charge in [0, 0.05) is 21.9 Å². The monoisotopic (exact) mass is 349 g/mol. The molecule has 1 amide bonds. The molecule has 1 aromatic heterocycles. The standard InChI is InChI=1S/C16H16BrNOS/c17-15-6-2-1-5-14(15)16(19)18(12-7-8-12)10-9-13-4-3-11-20-13/h1-6,11-12H,7-10H2. The van der Waals surface area contributed by atoms with Gasteiger partial charge in [-0.25, -0.2) is 0 Å². The maximum atomic E-state index is 12.7. The first-order valence-corrected chi connectivity index (χ1v) is 8.51. The molecule has 0 saturated heterocycles. The van der Waals surface area contributed by atoms with E-state index in [4.69, 9.17) is 0 Å². The summed E-state index contributed by atoms with van der Waals surface area (Å²) in [5, 5.41) is 2.09. The Bertz CT molecular complexity index is 592. The predicted octanol–water partition coefficient (Wildman–Crippen LogP) is 4.36. The van der Waals surface area contributed by atoms with Crippen molar-refractivity contribution in [2.45, 2.75) is 25.3 Å². The Kier molecular flexibility index (Phi) is 4.22. The lowest BCUT2D eigenvalue weighted by Gasteiger charge is -2.22. The molecular formula is C16H16BrNOS. The van der Waals surface area contributed by atoms with E-state index in [9.17, 15) is 4.79 Å². The van der Waals surface area contributed by atoms with Crippen LogP contribution in [0.1, 0.15) is 28.1 Å². The summed E-state index contributed by atoms with van der Waals surface area (Å²) in [6.07, 6.45) is 3.23. The predicted molar refractivity (Wildman–Crippen MR) is 86.2 cm³/mol. The van der Waals surface area contributed by atoms with Crippen LogP contribution in [0.5, 0.6) is 0 Å². The molecule has 1 aromatic carbocycles. The average Bonchev–Trinajstić information content (AvgIpc) is 3.15. The topological polar surface area (TPSA) is 20.3 Å². The molecule has 0 atom stereocenters. The molecule has 0 spiro atoms. The van der Waals surface area contributed by atoms with Gasteiger partial charge in [0.05, 0.1) is 5.56 Å². The fraction of sp³-hybridized carbons (Fsp3) is 0.312.